The van der Waals surface area contributed by atoms with Crippen LogP contribution >= 0.6 is 11.6 Å². The van der Waals surface area contributed by atoms with Crippen molar-refractivity contribution in [1.29, 1.82) is 0 Å². The smallest absolute Gasteiger partial charge is 0.292 e. The standard InChI is InChI=1S/C10H13ClN2O2/c1-7-6-9(15-12-7)10(14)13(5-4-11)8-2-3-8/h6,8H,2-5H2,1H3. The van der Waals surface area contributed by atoms with Gasteiger partial charge in [0, 0.05) is 24.5 Å². The van der Waals surface area contributed by atoms with Gasteiger partial charge >= 0.3 is 0 Å². The van der Waals surface area contributed by atoms with Gasteiger partial charge in [-0.05, 0) is 19.8 Å². The van der Waals surface area contributed by atoms with Crippen molar-refractivity contribution in [2.75, 3.05) is 12.4 Å². The van der Waals surface area contributed by atoms with Crippen molar-refractivity contribution < 1.29 is 9.32 Å². The molecule has 5 heteroatoms. The van der Waals surface area contributed by atoms with Gasteiger partial charge in [0.05, 0.1) is 5.69 Å². The lowest BCUT2D eigenvalue weighted by atomic mass is 10.3. The molecule has 0 saturated heterocycles. The van der Waals surface area contributed by atoms with E-state index in [0.717, 1.165) is 18.5 Å². The predicted molar refractivity (Wildman–Crippen MR) is 56.0 cm³/mol. The highest BCUT2D eigenvalue weighted by Crippen LogP contribution is 2.28. The Bertz CT molecular complexity index is 360. The summed E-state index contributed by atoms with van der Waals surface area (Å²) >= 11 is 5.66. The number of halogens is 1. The summed E-state index contributed by atoms with van der Waals surface area (Å²) in [6, 6.07) is 2.01. The maximum Gasteiger partial charge on any atom is 0.292 e. The molecule has 1 heterocycles. The van der Waals surface area contributed by atoms with Crippen LogP contribution in [0.15, 0.2) is 10.6 Å². The number of aryl methyl sites for hydroxylation is 1. The number of hydrogen-bond acceptors (Lipinski definition) is 3. The third kappa shape index (κ3) is 2.31. The highest BCUT2D eigenvalue weighted by Gasteiger charge is 2.33. The van der Waals surface area contributed by atoms with Gasteiger partial charge in [0.1, 0.15) is 0 Å². The molecule has 0 bridgehead atoms. The van der Waals surface area contributed by atoms with E-state index in [1.807, 2.05) is 0 Å². The summed E-state index contributed by atoms with van der Waals surface area (Å²) in [6.07, 6.45) is 2.13. The second kappa shape index (κ2) is 4.23. The zero-order valence-corrected chi connectivity index (χ0v) is 9.33. The number of amides is 1. The molecule has 1 fully saturated rings. The average molecular weight is 229 g/mol. The van der Waals surface area contributed by atoms with Gasteiger partial charge in [0.2, 0.25) is 5.76 Å². The molecule has 2 rings (SSSR count). The Balaban J connectivity index is 2.10. The number of nitrogens with zero attached hydrogens (tertiary/aromatic N) is 2. The zero-order valence-electron chi connectivity index (χ0n) is 8.57. The Morgan fingerprint density at radius 3 is 2.93 bits per heavy atom. The van der Waals surface area contributed by atoms with Crippen molar-refractivity contribution in [2.24, 2.45) is 0 Å². The molecule has 82 valence electrons. The summed E-state index contributed by atoms with van der Waals surface area (Å²) < 4.78 is 4.95. The van der Waals surface area contributed by atoms with Gasteiger partial charge in [0.25, 0.3) is 5.91 Å². The molecule has 1 amide bonds. The molecular weight excluding hydrogens is 216 g/mol. The first-order chi connectivity index (χ1) is 7.22. The van der Waals surface area contributed by atoms with Crippen molar-refractivity contribution in [3.8, 4) is 0 Å². The molecule has 1 aromatic heterocycles. The van der Waals surface area contributed by atoms with E-state index in [1.165, 1.54) is 0 Å². The first kappa shape index (κ1) is 10.5. The van der Waals surface area contributed by atoms with Crippen LogP contribution in [0.4, 0.5) is 0 Å². The van der Waals surface area contributed by atoms with Crippen LogP contribution in [0.1, 0.15) is 29.1 Å². The summed E-state index contributed by atoms with van der Waals surface area (Å²) in [5.74, 6) is 0.665. The second-order valence-corrected chi connectivity index (χ2v) is 4.13. The van der Waals surface area contributed by atoms with Gasteiger partial charge in [-0.2, -0.15) is 0 Å². The van der Waals surface area contributed by atoms with E-state index >= 15 is 0 Å². The molecular formula is C10H13ClN2O2. The molecule has 0 aromatic carbocycles. The Labute approximate surface area is 93.2 Å². The lowest BCUT2D eigenvalue weighted by Gasteiger charge is -2.19. The maximum atomic E-state index is 12.0. The molecule has 0 unspecified atom stereocenters. The van der Waals surface area contributed by atoms with Crippen LogP contribution in [-0.2, 0) is 0 Å². The van der Waals surface area contributed by atoms with Gasteiger partial charge in [-0.25, -0.2) is 0 Å². The van der Waals surface area contributed by atoms with Gasteiger partial charge in [0.15, 0.2) is 0 Å². The van der Waals surface area contributed by atoms with E-state index in [9.17, 15) is 4.79 Å². The third-order valence-electron chi connectivity index (χ3n) is 2.41. The van der Waals surface area contributed by atoms with E-state index in [0.29, 0.717) is 24.2 Å². The molecule has 15 heavy (non-hydrogen) atoms. The lowest BCUT2D eigenvalue weighted by molar-refractivity contribution is 0.0711. The third-order valence-corrected chi connectivity index (χ3v) is 2.58. The number of aromatic nitrogens is 1. The minimum atomic E-state index is -0.0984. The van der Waals surface area contributed by atoms with E-state index < -0.39 is 0 Å². The highest BCUT2D eigenvalue weighted by molar-refractivity contribution is 6.18. The number of rotatable bonds is 4. The fourth-order valence-electron chi connectivity index (χ4n) is 1.53. The summed E-state index contributed by atoms with van der Waals surface area (Å²) in [7, 11) is 0. The number of alkyl halides is 1. The summed E-state index contributed by atoms with van der Waals surface area (Å²) in [4.78, 5) is 13.7. The van der Waals surface area contributed by atoms with Crippen LogP contribution in [0.25, 0.3) is 0 Å². The first-order valence-corrected chi connectivity index (χ1v) is 5.56. The van der Waals surface area contributed by atoms with Crippen LogP contribution in [0.3, 0.4) is 0 Å². The maximum absolute atomic E-state index is 12.0. The van der Waals surface area contributed by atoms with Crippen LogP contribution in [0, 0.1) is 6.92 Å². The summed E-state index contributed by atoms with van der Waals surface area (Å²) in [6.45, 7) is 2.37. The van der Waals surface area contributed by atoms with Crippen molar-refractivity contribution in [3.05, 3.63) is 17.5 Å². The Morgan fingerprint density at radius 1 is 1.73 bits per heavy atom. The van der Waals surface area contributed by atoms with Crippen LogP contribution in [0.5, 0.6) is 0 Å². The van der Waals surface area contributed by atoms with E-state index in [4.69, 9.17) is 16.1 Å². The fraction of sp³-hybridized carbons (Fsp3) is 0.600. The molecule has 1 aliphatic carbocycles. The Morgan fingerprint density at radius 2 is 2.47 bits per heavy atom. The molecule has 0 spiro atoms. The average Bonchev–Trinajstić information content (AvgIpc) is 2.96. The summed E-state index contributed by atoms with van der Waals surface area (Å²) in [5, 5.41) is 3.70. The predicted octanol–water partition coefficient (Wildman–Crippen LogP) is 1.83. The van der Waals surface area contributed by atoms with Gasteiger partial charge in [-0.1, -0.05) is 5.16 Å². The number of hydrogen-bond donors (Lipinski definition) is 0. The summed E-state index contributed by atoms with van der Waals surface area (Å²) in [5.41, 5.74) is 0.722. The molecule has 1 saturated carbocycles. The number of carbonyl (C=O) groups is 1. The molecule has 1 aromatic rings. The van der Waals surface area contributed by atoms with Gasteiger partial charge < -0.3 is 9.42 Å². The SMILES string of the molecule is Cc1cc(C(=O)N(CCCl)C2CC2)on1. The first-order valence-electron chi connectivity index (χ1n) is 5.02. The Hall–Kier alpha value is -1.03. The van der Waals surface area contributed by atoms with Crippen molar-refractivity contribution in [1.82, 2.24) is 10.1 Å². The zero-order chi connectivity index (χ0) is 10.8. The molecule has 0 N–H and O–H groups in total. The topological polar surface area (TPSA) is 46.3 Å². The van der Waals surface area contributed by atoms with Crippen LogP contribution < -0.4 is 0 Å². The van der Waals surface area contributed by atoms with Crippen LogP contribution in [0.2, 0.25) is 0 Å². The highest BCUT2D eigenvalue weighted by atomic mass is 35.5. The minimum Gasteiger partial charge on any atom is -0.351 e. The number of carbonyl (C=O) groups excluding carboxylic acids is 1. The molecule has 0 atom stereocenters. The van der Waals surface area contributed by atoms with Crippen molar-refractivity contribution >= 4 is 17.5 Å². The van der Waals surface area contributed by atoms with E-state index in [1.54, 1.807) is 17.9 Å². The van der Waals surface area contributed by atoms with Crippen LogP contribution in [-0.4, -0.2) is 34.4 Å². The molecule has 4 nitrogen and oxygen atoms in total. The molecule has 0 aliphatic heterocycles. The quantitative estimate of drug-likeness (QED) is 0.739. The normalized spacial score (nSPS) is 15.3. The van der Waals surface area contributed by atoms with E-state index in [2.05, 4.69) is 5.16 Å². The largest absolute Gasteiger partial charge is 0.351 e. The molecule has 1 aliphatic rings. The second-order valence-electron chi connectivity index (χ2n) is 3.75. The van der Waals surface area contributed by atoms with Crippen molar-refractivity contribution in [3.63, 3.8) is 0 Å². The van der Waals surface area contributed by atoms with Gasteiger partial charge in [-0.3, -0.25) is 4.79 Å². The minimum absolute atomic E-state index is 0.0984. The Kier molecular flexibility index (Phi) is 2.95. The van der Waals surface area contributed by atoms with Crippen molar-refractivity contribution in [2.45, 2.75) is 25.8 Å². The lowest BCUT2D eigenvalue weighted by Crippen LogP contribution is -2.34. The monoisotopic (exact) mass is 228 g/mol. The van der Waals surface area contributed by atoms with E-state index in [-0.39, 0.29) is 5.91 Å². The van der Waals surface area contributed by atoms with Gasteiger partial charge in [-0.15, -0.1) is 11.6 Å². The molecule has 0 radical (unpaired) electrons. The fourth-order valence-corrected chi connectivity index (χ4v) is 1.72.